The molecule has 1 aromatic heterocycles. The van der Waals surface area contributed by atoms with Crippen molar-refractivity contribution in [1.29, 1.82) is 0 Å². The zero-order valence-electron chi connectivity index (χ0n) is 11.8. The van der Waals surface area contributed by atoms with Gasteiger partial charge in [-0.15, -0.1) is 11.3 Å². The van der Waals surface area contributed by atoms with E-state index < -0.39 is 0 Å². The molecule has 0 radical (unpaired) electrons. The number of carbonyl (C=O) groups is 3. The largest absolute Gasteiger partial charge is 0.293 e. The Labute approximate surface area is 122 Å². The Morgan fingerprint density at radius 3 is 2.50 bits per heavy atom. The van der Waals surface area contributed by atoms with Gasteiger partial charge in [0.25, 0.3) is 0 Å². The van der Waals surface area contributed by atoms with E-state index in [1.165, 1.54) is 16.2 Å². The number of amides is 2. The quantitative estimate of drug-likeness (QED) is 0.619. The molecule has 1 aromatic rings. The molecule has 0 saturated carbocycles. The third kappa shape index (κ3) is 3.54. The van der Waals surface area contributed by atoms with E-state index in [1.807, 2.05) is 25.3 Å². The number of hydrogen-bond donors (Lipinski definition) is 0. The van der Waals surface area contributed by atoms with E-state index in [1.54, 1.807) is 6.07 Å². The van der Waals surface area contributed by atoms with E-state index in [2.05, 4.69) is 0 Å². The maximum atomic E-state index is 11.9. The van der Waals surface area contributed by atoms with Crippen LogP contribution < -0.4 is 0 Å². The first-order chi connectivity index (χ1) is 9.39. The minimum Gasteiger partial charge on any atom is -0.293 e. The molecule has 1 saturated heterocycles. The highest BCUT2D eigenvalue weighted by Crippen LogP contribution is 2.31. The molecule has 0 spiro atoms. The highest BCUT2D eigenvalue weighted by Gasteiger charge is 2.36. The first-order valence-electron chi connectivity index (χ1n) is 6.79. The van der Waals surface area contributed by atoms with Crippen LogP contribution >= 0.6 is 11.3 Å². The highest BCUT2D eigenvalue weighted by molar-refractivity contribution is 7.12. The first-order valence-corrected chi connectivity index (χ1v) is 7.67. The molecular formula is C15H19NO3S. The van der Waals surface area contributed by atoms with Crippen molar-refractivity contribution >= 4 is 28.9 Å². The second-order valence-electron chi connectivity index (χ2n) is 5.96. The number of nitrogens with zero attached hydrogens (tertiary/aromatic N) is 1. The first kappa shape index (κ1) is 14.9. The molecule has 0 aromatic carbocycles. The van der Waals surface area contributed by atoms with Gasteiger partial charge in [0, 0.05) is 25.8 Å². The van der Waals surface area contributed by atoms with Gasteiger partial charge in [0.1, 0.15) is 0 Å². The summed E-state index contributed by atoms with van der Waals surface area (Å²) in [5, 5.41) is 1.87. The molecular weight excluding hydrogens is 274 g/mol. The van der Waals surface area contributed by atoms with E-state index in [-0.39, 0.29) is 23.0 Å². The van der Waals surface area contributed by atoms with Gasteiger partial charge in [-0.25, -0.2) is 0 Å². The van der Waals surface area contributed by atoms with Gasteiger partial charge in [-0.2, -0.15) is 0 Å². The van der Waals surface area contributed by atoms with Crippen LogP contribution in [0.15, 0.2) is 17.5 Å². The van der Waals surface area contributed by atoms with E-state index in [4.69, 9.17) is 0 Å². The van der Waals surface area contributed by atoms with Crippen molar-refractivity contribution in [1.82, 2.24) is 4.90 Å². The molecule has 2 amide bonds. The summed E-state index contributed by atoms with van der Waals surface area (Å²) in [6.45, 7) is 4.21. The number of imide groups is 1. The summed E-state index contributed by atoms with van der Waals surface area (Å²) >= 11 is 1.42. The fraction of sp³-hybridized carbons (Fsp3) is 0.533. The fourth-order valence-electron chi connectivity index (χ4n) is 2.42. The van der Waals surface area contributed by atoms with Crippen molar-refractivity contribution in [2.45, 2.75) is 39.5 Å². The van der Waals surface area contributed by atoms with Gasteiger partial charge in [0.05, 0.1) is 4.88 Å². The molecule has 0 atom stereocenters. The molecule has 2 heterocycles. The summed E-state index contributed by atoms with van der Waals surface area (Å²) < 4.78 is 0. The summed E-state index contributed by atoms with van der Waals surface area (Å²) in [7, 11) is 0. The second kappa shape index (κ2) is 5.87. The van der Waals surface area contributed by atoms with Gasteiger partial charge < -0.3 is 0 Å². The average Bonchev–Trinajstić information content (AvgIpc) is 2.84. The summed E-state index contributed by atoms with van der Waals surface area (Å²) in [4.78, 5) is 37.8. The molecule has 1 fully saturated rings. The fourth-order valence-corrected chi connectivity index (χ4v) is 3.11. The number of rotatable bonds is 5. The van der Waals surface area contributed by atoms with Crippen molar-refractivity contribution in [3.05, 3.63) is 22.4 Å². The lowest BCUT2D eigenvalue weighted by atomic mass is 9.81. The Morgan fingerprint density at radius 2 is 1.95 bits per heavy atom. The Balaban J connectivity index is 1.84. The van der Waals surface area contributed by atoms with Gasteiger partial charge in [0.15, 0.2) is 5.78 Å². The summed E-state index contributed by atoms with van der Waals surface area (Å²) in [6.07, 6.45) is 1.71. The topological polar surface area (TPSA) is 54.5 Å². The lowest BCUT2D eigenvalue weighted by molar-refractivity contribution is -0.152. The van der Waals surface area contributed by atoms with Crippen molar-refractivity contribution in [3.63, 3.8) is 0 Å². The number of Topliss-reactive ketones (excluding diaryl/α,β-unsaturated/α-hetero) is 1. The monoisotopic (exact) mass is 293 g/mol. The Kier molecular flexibility index (Phi) is 4.38. The Hall–Kier alpha value is -1.49. The minimum atomic E-state index is -0.239. The molecule has 0 aliphatic carbocycles. The molecule has 0 bridgehead atoms. The molecule has 2 rings (SSSR count). The van der Waals surface area contributed by atoms with Crippen LogP contribution in [0.3, 0.4) is 0 Å². The van der Waals surface area contributed by atoms with Gasteiger partial charge in [-0.1, -0.05) is 19.9 Å². The van der Waals surface area contributed by atoms with Crippen LogP contribution in [0.25, 0.3) is 0 Å². The van der Waals surface area contributed by atoms with Crippen LogP contribution in [-0.2, 0) is 9.59 Å². The van der Waals surface area contributed by atoms with Crippen molar-refractivity contribution in [3.8, 4) is 0 Å². The smallest absolute Gasteiger partial charge is 0.229 e. The third-order valence-electron chi connectivity index (χ3n) is 3.44. The number of piperidine rings is 1. The minimum absolute atomic E-state index is 0.0808. The van der Waals surface area contributed by atoms with Gasteiger partial charge in [0.2, 0.25) is 11.8 Å². The predicted octanol–water partition coefficient (Wildman–Crippen LogP) is 2.89. The van der Waals surface area contributed by atoms with Gasteiger partial charge >= 0.3 is 0 Å². The highest BCUT2D eigenvalue weighted by atomic mass is 32.1. The SMILES string of the molecule is CC1(C)CC(=O)N(CCCC(=O)c2cccs2)C(=O)C1. The Morgan fingerprint density at radius 1 is 1.30 bits per heavy atom. The maximum Gasteiger partial charge on any atom is 0.229 e. The van der Waals surface area contributed by atoms with Crippen molar-refractivity contribution < 1.29 is 14.4 Å². The van der Waals surface area contributed by atoms with Crippen LogP contribution in [0, 0.1) is 5.41 Å². The van der Waals surface area contributed by atoms with Crippen LogP contribution in [-0.4, -0.2) is 29.0 Å². The Bertz CT molecular complexity index is 499. The van der Waals surface area contributed by atoms with E-state index in [0.717, 1.165) is 4.88 Å². The molecule has 20 heavy (non-hydrogen) atoms. The van der Waals surface area contributed by atoms with Gasteiger partial charge in [-0.3, -0.25) is 19.3 Å². The van der Waals surface area contributed by atoms with E-state index in [9.17, 15) is 14.4 Å². The number of ketones is 1. The van der Waals surface area contributed by atoms with Crippen molar-refractivity contribution in [2.75, 3.05) is 6.54 Å². The molecule has 108 valence electrons. The van der Waals surface area contributed by atoms with E-state index >= 15 is 0 Å². The molecule has 0 unspecified atom stereocenters. The molecule has 0 N–H and O–H groups in total. The average molecular weight is 293 g/mol. The van der Waals surface area contributed by atoms with Crippen molar-refractivity contribution in [2.24, 2.45) is 5.41 Å². The molecule has 4 nitrogen and oxygen atoms in total. The zero-order valence-corrected chi connectivity index (χ0v) is 12.7. The van der Waals surface area contributed by atoms with Crippen LogP contribution in [0.2, 0.25) is 0 Å². The maximum absolute atomic E-state index is 11.9. The zero-order chi connectivity index (χ0) is 14.8. The normalized spacial score (nSPS) is 18.4. The summed E-state index contributed by atoms with van der Waals surface area (Å²) in [5.41, 5.74) is -0.239. The molecule has 1 aliphatic heterocycles. The number of carbonyl (C=O) groups excluding carboxylic acids is 3. The summed E-state index contributed by atoms with van der Waals surface area (Å²) in [5.74, 6) is -0.151. The lowest BCUT2D eigenvalue weighted by Gasteiger charge is -2.34. The lowest BCUT2D eigenvalue weighted by Crippen LogP contribution is -2.46. The standard InChI is InChI=1S/C15H19NO3S/c1-15(2)9-13(18)16(14(19)10-15)7-3-5-11(17)12-6-4-8-20-12/h4,6,8H,3,5,7,9-10H2,1-2H3. The molecule has 5 heteroatoms. The number of hydrogen-bond acceptors (Lipinski definition) is 4. The van der Waals surface area contributed by atoms with Crippen LogP contribution in [0.1, 0.15) is 49.2 Å². The predicted molar refractivity (Wildman–Crippen MR) is 77.6 cm³/mol. The van der Waals surface area contributed by atoms with E-state index in [0.29, 0.717) is 32.2 Å². The van der Waals surface area contributed by atoms with Crippen LogP contribution in [0.5, 0.6) is 0 Å². The number of likely N-dealkylation sites (tertiary alicyclic amines) is 1. The molecule has 1 aliphatic rings. The third-order valence-corrected chi connectivity index (χ3v) is 4.35. The van der Waals surface area contributed by atoms with Gasteiger partial charge in [-0.05, 0) is 23.3 Å². The second-order valence-corrected chi connectivity index (χ2v) is 6.91. The van der Waals surface area contributed by atoms with Crippen LogP contribution in [0.4, 0.5) is 0 Å². The number of thiophene rings is 1. The summed E-state index contributed by atoms with van der Waals surface area (Å²) in [6, 6.07) is 3.64.